The Morgan fingerprint density at radius 1 is 0.868 bits per heavy atom. The van der Waals surface area contributed by atoms with Gasteiger partial charge in [0.05, 0.1) is 21.8 Å². The molecule has 2 heterocycles. The highest BCUT2D eigenvalue weighted by atomic mass is 35.5. The number of aromatic nitrogens is 4. The van der Waals surface area contributed by atoms with Crippen LogP contribution in [-0.4, -0.2) is 34.7 Å². The van der Waals surface area contributed by atoms with Crippen molar-refractivity contribution in [2.75, 3.05) is 6.26 Å². The van der Waals surface area contributed by atoms with Crippen LogP contribution in [-0.2, 0) is 15.3 Å². The van der Waals surface area contributed by atoms with Crippen molar-refractivity contribution in [2.24, 2.45) is 0 Å². The highest BCUT2D eigenvalue weighted by molar-refractivity contribution is 7.91. The molecule has 6 rings (SSSR count). The first-order valence-corrected chi connectivity index (χ1v) is 14.6. The molecule has 192 valence electrons. The molecule has 0 saturated heterocycles. The summed E-state index contributed by atoms with van der Waals surface area (Å²) in [6, 6.07) is 21.4. The third-order valence-electron chi connectivity index (χ3n) is 6.59. The first-order chi connectivity index (χ1) is 18.2. The number of rotatable bonds is 6. The number of para-hydroxylation sites is 1. The minimum atomic E-state index is -3.84. The lowest BCUT2D eigenvalue weighted by Crippen LogP contribution is -2.08. The molecule has 0 amide bonds. The Morgan fingerprint density at radius 3 is 2.11 bits per heavy atom. The second-order valence-corrected chi connectivity index (χ2v) is 12.4. The molecule has 11 heteroatoms. The summed E-state index contributed by atoms with van der Waals surface area (Å²) < 4.78 is 34.2. The molecular formula is C27H19Cl3N4O3S. The smallest absolute Gasteiger partial charge is 0.269 e. The van der Waals surface area contributed by atoms with E-state index in [9.17, 15) is 8.42 Å². The van der Waals surface area contributed by atoms with Crippen LogP contribution >= 0.6 is 34.8 Å². The van der Waals surface area contributed by atoms with E-state index in [2.05, 4.69) is 15.3 Å². The zero-order chi connectivity index (χ0) is 26.7. The van der Waals surface area contributed by atoms with Crippen molar-refractivity contribution in [1.29, 1.82) is 0 Å². The number of nitrogens with zero attached hydrogens (tertiary/aromatic N) is 4. The lowest BCUT2D eigenvalue weighted by Gasteiger charge is -2.11. The summed E-state index contributed by atoms with van der Waals surface area (Å²) in [5.41, 5.74) is 1.99. The average molecular weight is 586 g/mol. The average Bonchev–Trinajstić information content (AvgIpc) is 3.35. The highest BCUT2D eigenvalue weighted by Gasteiger charge is 2.51. The van der Waals surface area contributed by atoms with Crippen molar-refractivity contribution in [3.8, 4) is 28.5 Å². The molecular weight excluding hydrogens is 567 g/mol. The van der Waals surface area contributed by atoms with Crippen LogP contribution in [0.2, 0.25) is 15.1 Å². The molecule has 0 N–H and O–H groups in total. The second-order valence-electron chi connectivity index (χ2n) is 9.17. The third kappa shape index (κ3) is 4.31. The minimum absolute atomic E-state index is 0.00156. The van der Waals surface area contributed by atoms with Gasteiger partial charge in [0.25, 0.3) is 5.89 Å². The molecule has 1 aliphatic carbocycles. The largest absolute Gasteiger partial charge is 0.418 e. The molecule has 5 aromatic rings. The molecule has 0 bridgehead atoms. The van der Waals surface area contributed by atoms with E-state index in [4.69, 9.17) is 39.2 Å². The molecule has 1 aliphatic rings. The van der Waals surface area contributed by atoms with Gasteiger partial charge in [-0.1, -0.05) is 71.2 Å². The van der Waals surface area contributed by atoms with Gasteiger partial charge in [-0.3, -0.25) is 0 Å². The summed E-state index contributed by atoms with van der Waals surface area (Å²) in [6.45, 7) is 0. The van der Waals surface area contributed by atoms with Gasteiger partial charge < -0.3 is 4.42 Å². The Hall–Kier alpha value is -3.17. The molecule has 1 fully saturated rings. The number of halogens is 3. The van der Waals surface area contributed by atoms with Gasteiger partial charge in [0, 0.05) is 21.9 Å². The molecule has 2 aromatic heterocycles. The molecule has 0 spiro atoms. The van der Waals surface area contributed by atoms with Crippen LogP contribution in [0.25, 0.3) is 28.5 Å². The fourth-order valence-corrected chi connectivity index (χ4v) is 6.09. The van der Waals surface area contributed by atoms with Gasteiger partial charge >= 0.3 is 0 Å². The standard InChI is InChI=1S/C27H19Cl3N4O3S/c1-38(35,36)24-22(25-31-32-26(37-25)27(14-15-27)17-8-12-19(29)13-9-17)33-34(21-5-3-2-4-20(21)30)23(24)16-6-10-18(28)11-7-16/h2-13H,14-15H2,1H3. The molecule has 1 saturated carbocycles. The summed E-state index contributed by atoms with van der Waals surface area (Å²) in [6.07, 6.45) is 2.76. The Balaban J connectivity index is 1.57. The first-order valence-electron chi connectivity index (χ1n) is 11.6. The van der Waals surface area contributed by atoms with E-state index in [0.29, 0.717) is 37.9 Å². The van der Waals surface area contributed by atoms with Gasteiger partial charge in [0.15, 0.2) is 15.5 Å². The molecule has 3 aromatic carbocycles. The molecule has 0 aliphatic heterocycles. The maximum Gasteiger partial charge on any atom is 0.269 e. The van der Waals surface area contributed by atoms with Crippen LogP contribution in [0.1, 0.15) is 24.3 Å². The van der Waals surface area contributed by atoms with Crippen molar-refractivity contribution in [2.45, 2.75) is 23.2 Å². The summed E-state index contributed by atoms with van der Waals surface area (Å²) in [5, 5.41) is 14.8. The zero-order valence-corrected chi connectivity index (χ0v) is 23.0. The second kappa shape index (κ2) is 9.24. The van der Waals surface area contributed by atoms with Crippen LogP contribution < -0.4 is 0 Å². The minimum Gasteiger partial charge on any atom is -0.418 e. The lowest BCUT2D eigenvalue weighted by molar-refractivity contribution is 0.470. The quantitative estimate of drug-likeness (QED) is 0.212. The summed E-state index contributed by atoms with van der Waals surface area (Å²) >= 11 is 18.7. The van der Waals surface area contributed by atoms with Crippen molar-refractivity contribution >= 4 is 44.6 Å². The van der Waals surface area contributed by atoms with Gasteiger partial charge in [-0.05, 0) is 54.8 Å². The van der Waals surface area contributed by atoms with Crippen molar-refractivity contribution in [3.63, 3.8) is 0 Å². The number of benzene rings is 3. The highest BCUT2D eigenvalue weighted by Crippen LogP contribution is 2.53. The van der Waals surface area contributed by atoms with Crippen LogP contribution in [0.5, 0.6) is 0 Å². The van der Waals surface area contributed by atoms with Crippen LogP contribution in [0.4, 0.5) is 0 Å². The van der Waals surface area contributed by atoms with Crippen molar-refractivity contribution in [1.82, 2.24) is 20.0 Å². The van der Waals surface area contributed by atoms with Crippen molar-refractivity contribution < 1.29 is 12.8 Å². The maximum absolute atomic E-state index is 13.3. The third-order valence-corrected chi connectivity index (χ3v) is 8.55. The topological polar surface area (TPSA) is 90.9 Å². The van der Waals surface area contributed by atoms with E-state index >= 15 is 0 Å². The molecule has 0 atom stereocenters. The molecule has 0 radical (unpaired) electrons. The van der Waals surface area contributed by atoms with Gasteiger partial charge in [-0.25, -0.2) is 13.1 Å². The molecule has 0 unspecified atom stereocenters. The number of sulfone groups is 1. The summed E-state index contributed by atoms with van der Waals surface area (Å²) in [4.78, 5) is -0.0497. The lowest BCUT2D eigenvalue weighted by atomic mass is 9.96. The normalized spacial score (nSPS) is 14.5. The van der Waals surface area contributed by atoms with Crippen LogP contribution in [0.3, 0.4) is 0 Å². The molecule has 7 nitrogen and oxygen atoms in total. The van der Waals surface area contributed by atoms with E-state index in [1.165, 1.54) is 4.68 Å². The first kappa shape index (κ1) is 25.1. The Morgan fingerprint density at radius 2 is 1.50 bits per heavy atom. The Labute approximate surface area is 233 Å². The summed E-state index contributed by atoms with van der Waals surface area (Å²) in [7, 11) is -3.84. The van der Waals surface area contributed by atoms with Crippen molar-refractivity contribution in [3.05, 3.63) is 99.3 Å². The zero-order valence-electron chi connectivity index (χ0n) is 19.9. The monoisotopic (exact) mass is 584 g/mol. The fraction of sp³-hybridized carbons (Fsp3) is 0.148. The fourth-order valence-electron chi connectivity index (χ4n) is 4.59. The SMILES string of the molecule is CS(=O)(=O)c1c(-c2nnc(C3(c4ccc(Cl)cc4)CC3)o2)nn(-c2ccccc2Cl)c1-c1ccc(Cl)cc1. The predicted octanol–water partition coefficient (Wildman–Crippen LogP) is 7.03. The summed E-state index contributed by atoms with van der Waals surface area (Å²) in [5.74, 6) is 0.399. The maximum atomic E-state index is 13.3. The number of hydrogen-bond donors (Lipinski definition) is 0. The number of hydrogen-bond acceptors (Lipinski definition) is 6. The van der Waals surface area contributed by atoms with E-state index in [1.54, 1.807) is 48.5 Å². The van der Waals surface area contributed by atoms with E-state index in [1.807, 2.05) is 24.3 Å². The van der Waals surface area contributed by atoms with Gasteiger partial charge in [0.2, 0.25) is 5.89 Å². The Kier molecular flexibility index (Phi) is 6.11. The van der Waals surface area contributed by atoms with Gasteiger partial charge in [0.1, 0.15) is 4.90 Å². The van der Waals surface area contributed by atoms with E-state index in [0.717, 1.165) is 24.7 Å². The van der Waals surface area contributed by atoms with E-state index < -0.39 is 15.3 Å². The van der Waals surface area contributed by atoms with E-state index in [-0.39, 0.29) is 16.5 Å². The van der Waals surface area contributed by atoms with Gasteiger partial charge in [-0.2, -0.15) is 5.10 Å². The van der Waals surface area contributed by atoms with Crippen LogP contribution in [0.15, 0.2) is 82.1 Å². The molecule has 38 heavy (non-hydrogen) atoms. The van der Waals surface area contributed by atoms with Gasteiger partial charge in [-0.15, -0.1) is 10.2 Å². The van der Waals surface area contributed by atoms with Crippen LogP contribution in [0, 0.1) is 0 Å². The predicted molar refractivity (Wildman–Crippen MR) is 147 cm³/mol. The Bertz CT molecular complexity index is 1780.